The maximum Gasteiger partial charge on any atom is 0.338 e. The van der Waals surface area contributed by atoms with Gasteiger partial charge in [0.1, 0.15) is 5.75 Å². The van der Waals surface area contributed by atoms with Gasteiger partial charge in [0.15, 0.2) is 6.10 Å². The van der Waals surface area contributed by atoms with E-state index in [0.29, 0.717) is 34.1 Å². The van der Waals surface area contributed by atoms with Crippen molar-refractivity contribution < 1.29 is 19.1 Å². The molecule has 3 N–H and O–H groups in total. The number of esters is 1. The Labute approximate surface area is 157 Å². The van der Waals surface area contributed by atoms with Crippen LogP contribution in [0.5, 0.6) is 5.75 Å². The fourth-order valence-electron chi connectivity index (χ4n) is 2.28. The molecule has 0 aliphatic heterocycles. The molecule has 0 bridgehead atoms. The third-order valence-corrected chi connectivity index (χ3v) is 4.20. The van der Waals surface area contributed by atoms with E-state index in [2.05, 4.69) is 5.32 Å². The van der Waals surface area contributed by atoms with E-state index in [1.54, 1.807) is 43.3 Å². The van der Waals surface area contributed by atoms with E-state index in [9.17, 15) is 9.59 Å². The minimum atomic E-state index is -0.944. The van der Waals surface area contributed by atoms with Gasteiger partial charge in [0, 0.05) is 16.8 Å². The fourth-order valence-corrected chi connectivity index (χ4v) is 2.44. The second kappa shape index (κ2) is 8.58. The molecule has 1 atom stereocenters. The van der Waals surface area contributed by atoms with Crippen molar-refractivity contribution in [2.75, 3.05) is 18.2 Å². The molecule has 0 saturated carbocycles. The summed E-state index contributed by atoms with van der Waals surface area (Å²) >= 11 is 6.07. The highest BCUT2D eigenvalue weighted by Gasteiger charge is 2.23. The van der Waals surface area contributed by atoms with Crippen LogP contribution in [0.2, 0.25) is 5.02 Å². The Morgan fingerprint density at radius 3 is 2.46 bits per heavy atom. The zero-order chi connectivity index (χ0) is 19.3. The van der Waals surface area contributed by atoms with Crippen LogP contribution in [0.15, 0.2) is 36.4 Å². The first-order chi connectivity index (χ1) is 12.3. The van der Waals surface area contributed by atoms with Crippen LogP contribution in [-0.2, 0) is 9.53 Å². The van der Waals surface area contributed by atoms with Crippen molar-refractivity contribution in [3.8, 4) is 5.75 Å². The summed E-state index contributed by atoms with van der Waals surface area (Å²) in [4.78, 5) is 24.8. The predicted octanol–water partition coefficient (Wildman–Crippen LogP) is 3.81. The van der Waals surface area contributed by atoms with Crippen LogP contribution < -0.4 is 15.8 Å². The van der Waals surface area contributed by atoms with Crippen molar-refractivity contribution in [3.63, 3.8) is 0 Å². The van der Waals surface area contributed by atoms with E-state index in [-0.39, 0.29) is 0 Å². The summed E-state index contributed by atoms with van der Waals surface area (Å²) in [6.07, 6.45) is -0.623. The molecule has 2 rings (SSSR count). The number of halogens is 1. The Bertz CT molecular complexity index is 806. The summed E-state index contributed by atoms with van der Waals surface area (Å²) in [5.41, 5.74) is 7.71. The molecule has 0 spiro atoms. The number of amides is 1. The zero-order valence-electron chi connectivity index (χ0n) is 14.8. The third-order valence-electron chi connectivity index (χ3n) is 3.80. The lowest BCUT2D eigenvalue weighted by molar-refractivity contribution is -0.124. The van der Waals surface area contributed by atoms with Gasteiger partial charge in [0.2, 0.25) is 0 Å². The van der Waals surface area contributed by atoms with Crippen LogP contribution in [0.1, 0.15) is 29.3 Å². The number of hydrogen-bond acceptors (Lipinski definition) is 5. The van der Waals surface area contributed by atoms with Gasteiger partial charge in [-0.15, -0.1) is 0 Å². The first kappa shape index (κ1) is 19.6. The molecule has 6 nitrogen and oxygen atoms in total. The molecule has 2 aromatic rings. The van der Waals surface area contributed by atoms with Gasteiger partial charge in [0.25, 0.3) is 5.91 Å². The molecule has 0 aliphatic carbocycles. The molecule has 2 aromatic carbocycles. The molecule has 0 aromatic heterocycles. The normalized spacial score (nSPS) is 11.5. The van der Waals surface area contributed by atoms with Gasteiger partial charge < -0.3 is 20.5 Å². The standard InChI is InChI=1S/C19H21ClN2O4/c1-4-16(26-19(24)12-5-7-13(21)8-6-12)18(23)22-15-9-11(2)14(20)10-17(15)25-3/h5-10,16H,4,21H2,1-3H3,(H,22,23). The molecule has 0 saturated heterocycles. The number of nitrogen functional groups attached to an aromatic ring is 1. The number of nitrogens with two attached hydrogens (primary N) is 1. The molecular formula is C19H21ClN2O4. The zero-order valence-corrected chi connectivity index (χ0v) is 15.6. The summed E-state index contributed by atoms with van der Waals surface area (Å²) in [7, 11) is 1.48. The number of anilines is 2. The molecule has 0 heterocycles. The second-order valence-corrected chi connectivity index (χ2v) is 6.12. The summed E-state index contributed by atoms with van der Waals surface area (Å²) in [6, 6.07) is 9.61. The monoisotopic (exact) mass is 376 g/mol. The van der Waals surface area contributed by atoms with Crippen molar-refractivity contribution in [2.24, 2.45) is 0 Å². The number of methoxy groups -OCH3 is 1. The van der Waals surface area contributed by atoms with Crippen molar-refractivity contribution >= 4 is 34.9 Å². The van der Waals surface area contributed by atoms with Crippen molar-refractivity contribution in [3.05, 3.63) is 52.5 Å². The van der Waals surface area contributed by atoms with Gasteiger partial charge in [-0.05, 0) is 49.2 Å². The first-order valence-electron chi connectivity index (χ1n) is 8.07. The van der Waals surface area contributed by atoms with E-state index < -0.39 is 18.0 Å². The average molecular weight is 377 g/mol. The molecule has 0 fully saturated rings. The molecule has 138 valence electrons. The lowest BCUT2D eigenvalue weighted by atomic mass is 10.1. The number of ether oxygens (including phenoxy) is 2. The van der Waals surface area contributed by atoms with Gasteiger partial charge in [-0.3, -0.25) is 4.79 Å². The predicted molar refractivity (Wildman–Crippen MR) is 102 cm³/mol. The molecular weight excluding hydrogens is 356 g/mol. The lowest BCUT2D eigenvalue weighted by Crippen LogP contribution is -2.32. The molecule has 7 heteroatoms. The molecule has 0 aliphatic rings. The minimum absolute atomic E-state index is 0.321. The van der Waals surface area contributed by atoms with Crippen LogP contribution in [0.25, 0.3) is 0 Å². The first-order valence-corrected chi connectivity index (χ1v) is 8.45. The highest BCUT2D eigenvalue weighted by molar-refractivity contribution is 6.31. The van der Waals surface area contributed by atoms with Crippen molar-refractivity contribution in [1.82, 2.24) is 0 Å². The number of carbonyl (C=O) groups excluding carboxylic acids is 2. The van der Waals surface area contributed by atoms with Crippen LogP contribution in [0.3, 0.4) is 0 Å². The van der Waals surface area contributed by atoms with E-state index in [1.807, 2.05) is 6.92 Å². The summed E-state index contributed by atoms with van der Waals surface area (Å²) in [6.45, 7) is 3.57. The van der Waals surface area contributed by atoms with E-state index >= 15 is 0 Å². The van der Waals surface area contributed by atoms with Gasteiger partial charge in [-0.1, -0.05) is 18.5 Å². The van der Waals surface area contributed by atoms with Crippen LogP contribution in [-0.4, -0.2) is 25.1 Å². The highest BCUT2D eigenvalue weighted by atomic mass is 35.5. The second-order valence-electron chi connectivity index (χ2n) is 5.72. The number of aryl methyl sites for hydroxylation is 1. The summed E-state index contributed by atoms with van der Waals surface area (Å²) < 4.78 is 10.6. The fraction of sp³-hybridized carbons (Fsp3) is 0.263. The molecule has 26 heavy (non-hydrogen) atoms. The third kappa shape index (κ3) is 4.67. The van der Waals surface area contributed by atoms with Crippen molar-refractivity contribution in [1.29, 1.82) is 0 Å². The number of benzene rings is 2. The van der Waals surface area contributed by atoms with Crippen LogP contribution in [0, 0.1) is 6.92 Å². The SMILES string of the molecule is CCC(OC(=O)c1ccc(N)cc1)C(=O)Nc1cc(C)c(Cl)cc1OC. The summed E-state index contributed by atoms with van der Waals surface area (Å²) in [5, 5.41) is 3.26. The minimum Gasteiger partial charge on any atom is -0.495 e. The Morgan fingerprint density at radius 1 is 1.23 bits per heavy atom. The Kier molecular flexibility index (Phi) is 6.46. The maximum atomic E-state index is 12.5. The van der Waals surface area contributed by atoms with Crippen LogP contribution >= 0.6 is 11.6 Å². The molecule has 1 amide bonds. The largest absolute Gasteiger partial charge is 0.495 e. The number of carbonyl (C=O) groups is 2. The Morgan fingerprint density at radius 2 is 1.88 bits per heavy atom. The van der Waals surface area contributed by atoms with E-state index in [1.165, 1.54) is 7.11 Å². The lowest BCUT2D eigenvalue weighted by Gasteiger charge is -2.18. The number of rotatable bonds is 6. The summed E-state index contributed by atoms with van der Waals surface area (Å²) in [5.74, 6) is -0.615. The van der Waals surface area contributed by atoms with E-state index in [0.717, 1.165) is 5.56 Å². The maximum absolute atomic E-state index is 12.5. The van der Waals surface area contributed by atoms with Gasteiger partial charge >= 0.3 is 5.97 Å². The quantitative estimate of drug-likeness (QED) is 0.590. The Hall–Kier alpha value is -2.73. The van der Waals surface area contributed by atoms with Gasteiger partial charge in [-0.25, -0.2) is 4.79 Å². The topological polar surface area (TPSA) is 90.7 Å². The van der Waals surface area contributed by atoms with Crippen molar-refractivity contribution in [2.45, 2.75) is 26.4 Å². The highest BCUT2D eigenvalue weighted by Crippen LogP contribution is 2.31. The van der Waals surface area contributed by atoms with Crippen LogP contribution in [0.4, 0.5) is 11.4 Å². The Balaban J connectivity index is 2.12. The van der Waals surface area contributed by atoms with Gasteiger partial charge in [-0.2, -0.15) is 0 Å². The smallest absolute Gasteiger partial charge is 0.338 e. The molecule has 0 radical (unpaired) electrons. The average Bonchev–Trinajstić information content (AvgIpc) is 2.62. The number of hydrogen-bond donors (Lipinski definition) is 2. The molecule has 1 unspecified atom stereocenters. The van der Waals surface area contributed by atoms with E-state index in [4.69, 9.17) is 26.8 Å². The number of nitrogens with one attached hydrogen (secondary N) is 1. The van der Waals surface area contributed by atoms with Gasteiger partial charge in [0.05, 0.1) is 18.4 Å².